The molecule has 0 fully saturated rings. The number of aromatic nitrogens is 2. The number of aromatic amines is 1. The second kappa shape index (κ2) is 6.36. The molecule has 0 unspecified atom stereocenters. The first-order valence-electron chi connectivity index (χ1n) is 7.44. The van der Waals surface area contributed by atoms with Crippen LogP contribution in [0.25, 0.3) is 22.4 Å². The Morgan fingerprint density at radius 1 is 1.18 bits per heavy atom. The molecule has 0 bridgehead atoms. The number of para-hydroxylation sites is 2. The Hall–Kier alpha value is -2.73. The average Bonchev–Trinajstić information content (AvgIpc) is 2.99. The van der Waals surface area contributed by atoms with Crippen LogP contribution in [0.4, 0.5) is 0 Å². The molecule has 0 amide bonds. The quantitative estimate of drug-likeness (QED) is 0.726. The molecule has 0 aliphatic heterocycles. The number of ether oxygens (including phenoxy) is 1. The second-order valence-corrected chi connectivity index (χ2v) is 5.07. The lowest BCUT2D eigenvalue weighted by atomic mass is 10.1. The second-order valence-electron chi connectivity index (χ2n) is 5.07. The molecule has 1 heterocycles. The molecule has 110 valence electrons. The van der Waals surface area contributed by atoms with E-state index in [4.69, 9.17) is 4.74 Å². The fourth-order valence-electron chi connectivity index (χ4n) is 2.33. The van der Waals surface area contributed by atoms with Crippen LogP contribution in [0.5, 0.6) is 5.75 Å². The van der Waals surface area contributed by atoms with E-state index in [1.54, 1.807) is 7.11 Å². The lowest BCUT2D eigenvalue weighted by molar-refractivity contribution is 0.413. The molecule has 3 nitrogen and oxygen atoms in total. The summed E-state index contributed by atoms with van der Waals surface area (Å²) in [5.74, 6) is 8.01. The van der Waals surface area contributed by atoms with Crippen LogP contribution in [0.3, 0.4) is 0 Å². The van der Waals surface area contributed by atoms with Crippen molar-refractivity contribution < 1.29 is 4.74 Å². The third-order valence-corrected chi connectivity index (χ3v) is 3.46. The fourth-order valence-corrected chi connectivity index (χ4v) is 2.33. The molecule has 0 atom stereocenters. The number of nitrogens with one attached hydrogen (secondary N) is 1. The Balaban J connectivity index is 2.04. The van der Waals surface area contributed by atoms with Crippen molar-refractivity contribution in [2.24, 2.45) is 0 Å². The van der Waals surface area contributed by atoms with Gasteiger partial charge in [0, 0.05) is 12.0 Å². The maximum absolute atomic E-state index is 5.39. The molecule has 3 aromatic rings. The van der Waals surface area contributed by atoms with E-state index < -0.39 is 0 Å². The van der Waals surface area contributed by atoms with Crippen LogP contribution in [-0.2, 0) is 0 Å². The summed E-state index contributed by atoms with van der Waals surface area (Å²) in [5.41, 5.74) is 3.91. The van der Waals surface area contributed by atoms with Crippen molar-refractivity contribution in [2.45, 2.75) is 19.8 Å². The van der Waals surface area contributed by atoms with Gasteiger partial charge in [0.05, 0.1) is 23.7 Å². The maximum Gasteiger partial charge on any atom is 0.138 e. The van der Waals surface area contributed by atoms with Crippen molar-refractivity contribution in [1.29, 1.82) is 0 Å². The fraction of sp³-hybridized carbons (Fsp3) is 0.211. The van der Waals surface area contributed by atoms with Crippen molar-refractivity contribution in [3.8, 4) is 29.0 Å². The third kappa shape index (κ3) is 2.82. The van der Waals surface area contributed by atoms with Gasteiger partial charge in [-0.3, -0.25) is 0 Å². The molecule has 0 spiro atoms. The van der Waals surface area contributed by atoms with E-state index in [1.165, 1.54) is 0 Å². The highest BCUT2D eigenvalue weighted by atomic mass is 16.5. The largest absolute Gasteiger partial charge is 0.495 e. The van der Waals surface area contributed by atoms with E-state index in [0.717, 1.165) is 46.6 Å². The number of fused-ring (bicyclic) bond motifs is 1. The Kier molecular flexibility index (Phi) is 4.11. The maximum atomic E-state index is 5.39. The number of rotatable bonds is 3. The standard InChI is InChI=1S/C19H18N2O/c1-3-4-5-8-14-13-15(11-12-18(14)22-2)19-20-16-9-6-7-10-17(16)21-19/h6-7,9-13H,3-4H2,1-2H3,(H,20,21). The normalized spacial score (nSPS) is 10.3. The van der Waals surface area contributed by atoms with Gasteiger partial charge in [-0.05, 0) is 36.8 Å². The zero-order valence-corrected chi connectivity index (χ0v) is 12.8. The van der Waals surface area contributed by atoms with Gasteiger partial charge in [-0.15, -0.1) is 0 Å². The summed E-state index contributed by atoms with van der Waals surface area (Å²) in [6.07, 6.45) is 1.94. The molecule has 0 saturated carbocycles. The van der Waals surface area contributed by atoms with E-state index in [-0.39, 0.29) is 0 Å². The summed E-state index contributed by atoms with van der Waals surface area (Å²) in [4.78, 5) is 7.98. The molecule has 2 aromatic carbocycles. The van der Waals surface area contributed by atoms with Crippen molar-refractivity contribution in [1.82, 2.24) is 9.97 Å². The molecule has 22 heavy (non-hydrogen) atoms. The molecule has 3 rings (SSSR count). The van der Waals surface area contributed by atoms with Gasteiger partial charge in [-0.1, -0.05) is 30.9 Å². The summed E-state index contributed by atoms with van der Waals surface area (Å²) in [5, 5.41) is 0. The van der Waals surface area contributed by atoms with E-state index in [0.29, 0.717) is 0 Å². The first kappa shape index (κ1) is 14.2. The van der Waals surface area contributed by atoms with Gasteiger partial charge in [0.2, 0.25) is 0 Å². The number of benzene rings is 2. The minimum absolute atomic E-state index is 0.795. The number of H-pyrrole nitrogens is 1. The minimum Gasteiger partial charge on any atom is -0.495 e. The van der Waals surface area contributed by atoms with Gasteiger partial charge in [0.1, 0.15) is 11.6 Å². The molecule has 0 aliphatic carbocycles. The van der Waals surface area contributed by atoms with Crippen LogP contribution in [0.15, 0.2) is 42.5 Å². The molecule has 1 aromatic heterocycles. The smallest absolute Gasteiger partial charge is 0.138 e. The van der Waals surface area contributed by atoms with Gasteiger partial charge >= 0.3 is 0 Å². The highest BCUT2D eigenvalue weighted by molar-refractivity contribution is 5.79. The molecular formula is C19H18N2O. The topological polar surface area (TPSA) is 37.9 Å². The summed E-state index contributed by atoms with van der Waals surface area (Å²) in [6, 6.07) is 14.0. The molecule has 0 aliphatic rings. The van der Waals surface area contributed by atoms with E-state index >= 15 is 0 Å². The molecule has 3 heteroatoms. The Bertz CT molecular complexity index is 819. The number of unbranched alkanes of at least 4 members (excludes halogenated alkanes) is 1. The molecule has 1 N–H and O–H groups in total. The van der Waals surface area contributed by atoms with E-state index in [1.807, 2.05) is 42.5 Å². The Morgan fingerprint density at radius 2 is 2.05 bits per heavy atom. The summed E-state index contributed by atoms with van der Waals surface area (Å²) in [7, 11) is 1.67. The Labute approximate surface area is 130 Å². The van der Waals surface area contributed by atoms with Gasteiger partial charge in [-0.25, -0.2) is 4.98 Å². The molecule has 0 radical (unpaired) electrons. The van der Waals surface area contributed by atoms with Crippen molar-refractivity contribution in [3.63, 3.8) is 0 Å². The van der Waals surface area contributed by atoms with Gasteiger partial charge in [0.15, 0.2) is 0 Å². The zero-order valence-electron chi connectivity index (χ0n) is 12.8. The van der Waals surface area contributed by atoms with Crippen LogP contribution >= 0.6 is 0 Å². The SMILES string of the molecule is CCCC#Cc1cc(-c2nc3ccccc3[nH]2)ccc1OC. The highest BCUT2D eigenvalue weighted by Crippen LogP contribution is 2.26. The number of imidazole rings is 1. The van der Waals surface area contributed by atoms with E-state index in [2.05, 4.69) is 28.7 Å². The highest BCUT2D eigenvalue weighted by Gasteiger charge is 2.08. The summed E-state index contributed by atoms with van der Waals surface area (Å²) >= 11 is 0. The third-order valence-electron chi connectivity index (χ3n) is 3.46. The van der Waals surface area contributed by atoms with Gasteiger partial charge < -0.3 is 9.72 Å². The van der Waals surface area contributed by atoms with Crippen LogP contribution < -0.4 is 4.74 Å². The zero-order chi connectivity index (χ0) is 15.4. The van der Waals surface area contributed by atoms with Crippen LogP contribution in [0, 0.1) is 11.8 Å². The molecule has 0 saturated heterocycles. The predicted octanol–water partition coefficient (Wildman–Crippen LogP) is 4.39. The van der Waals surface area contributed by atoms with E-state index in [9.17, 15) is 0 Å². The monoisotopic (exact) mass is 290 g/mol. The Morgan fingerprint density at radius 3 is 2.82 bits per heavy atom. The summed E-state index contributed by atoms with van der Waals surface area (Å²) < 4.78 is 5.39. The summed E-state index contributed by atoms with van der Waals surface area (Å²) in [6.45, 7) is 2.12. The van der Waals surface area contributed by atoms with Gasteiger partial charge in [0.25, 0.3) is 0 Å². The number of methoxy groups -OCH3 is 1. The van der Waals surface area contributed by atoms with Crippen LogP contribution in [0.2, 0.25) is 0 Å². The molecular weight excluding hydrogens is 272 g/mol. The first-order valence-corrected chi connectivity index (χ1v) is 7.44. The minimum atomic E-state index is 0.795. The lowest BCUT2D eigenvalue weighted by Gasteiger charge is -2.05. The lowest BCUT2D eigenvalue weighted by Crippen LogP contribution is -1.90. The number of hydrogen-bond acceptors (Lipinski definition) is 2. The predicted molar refractivity (Wildman–Crippen MR) is 89.9 cm³/mol. The van der Waals surface area contributed by atoms with Gasteiger partial charge in [-0.2, -0.15) is 0 Å². The average molecular weight is 290 g/mol. The number of nitrogens with zero attached hydrogens (tertiary/aromatic N) is 1. The van der Waals surface area contributed by atoms with Crippen LogP contribution in [-0.4, -0.2) is 17.1 Å². The van der Waals surface area contributed by atoms with Crippen molar-refractivity contribution >= 4 is 11.0 Å². The van der Waals surface area contributed by atoms with Crippen molar-refractivity contribution in [3.05, 3.63) is 48.0 Å². The van der Waals surface area contributed by atoms with Crippen molar-refractivity contribution in [2.75, 3.05) is 7.11 Å². The number of hydrogen-bond donors (Lipinski definition) is 1. The first-order chi connectivity index (χ1) is 10.8. The van der Waals surface area contributed by atoms with Crippen LogP contribution in [0.1, 0.15) is 25.3 Å².